The van der Waals surface area contributed by atoms with Crippen molar-refractivity contribution in [3.8, 4) is 28.7 Å². The molecule has 1 aliphatic rings. The first-order chi connectivity index (χ1) is 10.9. The molecule has 1 aliphatic heterocycles. The van der Waals surface area contributed by atoms with Crippen LogP contribution in [0.15, 0.2) is 30.3 Å². The largest absolute Gasteiger partial charge is 0.508 e. The predicted octanol–water partition coefficient (Wildman–Crippen LogP) is 1.49. The Kier molecular flexibility index (Phi) is 3.49. The Bertz CT molecular complexity index is 761. The van der Waals surface area contributed by atoms with E-state index in [-0.39, 0.29) is 39.9 Å². The van der Waals surface area contributed by atoms with E-state index in [2.05, 4.69) is 0 Å². The number of ether oxygens (including phenoxy) is 2. The molecule has 4 N–H and O–H groups in total. The van der Waals surface area contributed by atoms with Crippen molar-refractivity contribution < 1.29 is 34.7 Å². The first kappa shape index (κ1) is 15.0. The molecular weight excluding hydrogens is 304 g/mol. The molecule has 0 saturated heterocycles. The average molecular weight is 318 g/mol. The third kappa shape index (κ3) is 2.40. The van der Waals surface area contributed by atoms with Crippen LogP contribution in [0.2, 0.25) is 0 Å². The second-order valence-corrected chi connectivity index (χ2v) is 5.12. The molecule has 0 saturated carbocycles. The van der Waals surface area contributed by atoms with Gasteiger partial charge in [0, 0.05) is 11.6 Å². The molecule has 0 spiro atoms. The number of benzene rings is 2. The molecule has 3 rings (SSSR count). The summed E-state index contributed by atoms with van der Waals surface area (Å²) in [7, 11) is 1.28. The van der Waals surface area contributed by atoms with Crippen molar-refractivity contribution in [2.45, 2.75) is 12.2 Å². The first-order valence-corrected chi connectivity index (χ1v) is 6.74. The van der Waals surface area contributed by atoms with E-state index in [1.165, 1.54) is 37.4 Å². The summed E-state index contributed by atoms with van der Waals surface area (Å²) in [6.45, 7) is 0. The van der Waals surface area contributed by atoms with Crippen molar-refractivity contribution in [3.05, 3.63) is 41.5 Å². The molecule has 7 heteroatoms. The highest BCUT2D eigenvalue weighted by Crippen LogP contribution is 2.42. The quantitative estimate of drug-likeness (QED) is 0.663. The van der Waals surface area contributed by atoms with Crippen LogP contribution < -0.4 is 9.47 Å². The molecular formula is C16H14O7. The Balaban J connectivity index is 2.06. The number of ketones is 1. The Morgan fingerprint density at radius 3 is 2.35 bits per heavy atom. The molecule has 7 nitrogen and oxygen atoms in total. The zero-order valence-corrected chi connectivity index (χ0v) is 12.1. The van der Waals surface area contributed by atoms with Crippen molar-refractivity contribution in [2.24, 2.45) is 0 Å². The number of methoxy groups -OCH3 is 1. The van der Waals surface area contributed by atoms with Crippen LogP contribution in [-0.4, -0.2) is 39.4 Å². The molecule has 0 fully saturated rings. The van der Waals surface area contributed by atoms with Gasteiger partial charge in [-0.2, -0.15) is 0 Å². The molecule has 1 heterocycles. The number of aliphatic hydroxyl groups excluding tert-OH is 1. The van der Waals surface area contributed by atoms with Crippen LogP contribution in [0.25, 0.3) is 0 Å². The van der Waals surface area contributed by atoms with Crippen molar-refractivity contribution in [1.29, 1.82) is 0 Å². The number of aliphatic hydroxyl groups is 1. The number of aromatic hydroxyl groups is 3. The molecule has 2 aromatic rings. The molecule has 0 radical (unpaired) electrons. The molecule has 0 unspecified atom stereocenters. The fourth-order valence-electron chi connectivity index (χ4n) is 2.55. The van der Waals surface area contributed by atoms with Crippen LogP contribution in [0.3, 0.4) is 0 Å². The van der Waals surface area contributed by atoms with E-state index < -0.39 is 18.0 Å². The summed E-state index contributed by atoms with van der Waals surface area (Å²) in [5.74, 6) is -1.39. The van der Waals surface area contributed by atoms with E-state index in [4.69, 9.17) is 9.47 Å². The third-order valence-corrected chi connectivity index (χ3v) is 3.64. The summed E-state index contributed by atoms with van der Waals surface area (Å²) < 4.78 is 10.4. The number of phenols is 3. The zero-order chi connectivity index (χ0) is 16.7. The lowest BCUT2D eigenvalue weighted by Gasteiger charge is -2.30. The fraction of sp³-hybridized carbons (Fsp3) is 0.188. The number of phenolic OH excluding ortho intramolecular Hbond substituents is 3. The van der Waals surface area contributed by atoms with Gasteiger partial charge in [-0.15, -0.1) is 0 Å². The Labute approximate surface area is 131 Å². The normalized spacial score (nSPS) is 19.8. The van der Waals surface area contributed by atoms with Crippen LogP contribution >= 0.6 is 0 Å². The van der Waals surface area contributed by atoms with Crippen LogP contribution in [0, 0.1) is 0 Å². The minimum atomic E-state index is -1.51. The highest BCUT2D eigenvalue weighted by atomic mass is 16.5. The fourth-order valence-corrected chi connectivity index (χ4v) is 2.55. The number of hydrogen-bond acceptors (Lipinski definition) is 7. The predicted molar refractivity (Wildman–Crippen MR) is 78.1 cm³/mol. The van der Waals surface area contributed by atoms with Gasteiger partial charge in [-0.05, 0) is 24.3 Å². The molecule has 23 heavy (non-hydrogen) atoms. The summed E-state index contributed by atoms with van der Waals surface area (Å²) in [6, 6.07) is 6.39. The molecule has 0 bridgehead atoms. The topological polar surface area (TPSA) is 116 Å². The van der Waals surface area contributed by atoms with Gasteiger partial charge in [-0.3, -0.25) is 4.79 Å². The van der Waals surface area contributed by atoms with Crippen molar-refractivity contribution in [2.75, 3.05) is 7.11 Å². The van der Waals surface area contributed by atoms with Gasteiger partial charge in [0.05, 0.1) is 12.7 Å². The number of rotatable bonds is 2. The summed E-state index contributed by atoms with van der Waals surface area (Å²) >= 11 is 0. The van der Waals surface area contributed by atoms with Gasteiger partial charge in [-0.1, -0.05) is 0 Å². The number of Topliss-reactive ketones (excluding diaryl/α,β-unsaturated/α-hetero) is 1. The lowest BCUT2D eigenvalue weighted by Crippen LogP contribution is -2.36. The highest BCUT2D eigenvalue weighted by molar-refractivity contribution is 6.03. The third-order valence-electron chi connectivity index (χ3n) is 3.64. The summed E-state index contributed by atoms with van der Waals surface area (Å²) in [6.07, 6.45) is -2.65. The molecule has 0 amide bonds. The maximum atomic E-state index is 12.2. The van der Waals surface area contributed by atoms with Gasteiger partial charge in [0.2, 0.25) is 5.75 Å². The monoisotopic (exact) mass is 318 g/mol. The van der Waals surface area contributed by atoms with E-state index in [1.807, 2.05) is 0 Å². The van der Waals surface area contributed by atoms with E-state index in [1.54, 1.807) is 0 Å². The minimum absolute atomic E-state index is 0.0906. The SMILES string of the molecule is COc1c(O)cc([C@H]2Oc3cc(O)ccc3C(=O)[C@H]2O)cc1O. The minimum Gasteiger partial charge on any atom is -0.508 e. The smallest absolute Gasteiger partial charge is 0.202 e. The van der Waals surface area contributed by atoms with Crippen LogP contribution in [0.1, 0.15) is 22.0 Å². The number of hydrogen-bond donors (Lipinski definition) is 4. The summed E-state index contributed by atoms with van der Waals surface area (Å²) in [5, 5.41) is 39.4. The van der Waals surface area contributed by atoms with Crippen LogP contribution in [0.5, 0.6) is 28.7 Å². The maximum absolute atomic E-state index is 12.2. The van der Waals surface area contributed by atoms with Gasteiger partial charge < -0.3 is 29.9 Å². The van der Waals surface area contributed by atoms with Crippen LogP contribution in [-0.2, 0) is 0 Å². The van der Waals surface area contributed by atoms with E-state index in [9.17, 15) is 25.2 Å². The average Bonchev–Trinajstić information content (AvgIpc) is 2.50. The van der Waals surface area contributed by atoms with E-state index in [0.29, 0.717) is 0 Å². The standard InChI is InChI=1S/C16H14O7/c1-22-16-10(18)4-7(5-11(16)19)15-14(21)13(20)9-3-2-8(17)6-12(9)23-15/h2-6,14-15,17-19,21H,1H3/t14-,15-/m1/s1. The van der Waals surface area contributed by atoms with E-state index >= 15 is 0 Å². The first-order valence-electron chi connectivity index (χ1n) is 6.74. The lowest BCUT2D eigenvalue weighted by atomic mass is 9.93. The Morgan fingerprint density at radius 1 is 1.09 bits per heavy atom. The van der Waals surface area contributed by atoms with Crippen molar-refractivity contribution in [1.82, 2.24) is 0 Å². The van der Waals surface area contributed by atoms with Crippen molar-refractivity contribution >= 4 is 5.78 Å². The van der Waals surface area contributed by atoms with Gasteiger partial charge in [0.25, 0.3) is 0 Å². The number of carbonyl (C=O) groups excluding carboxylic acids is 1. The van der Waals surface area contributed by atoms with Crippen LogP contribution in [0.4, 0.5) is 0 Å². The summed E-state index contributed by atoms with van der Waals surface area (Å²) in [5.41, 5.74) is 0.337. The molecule has 2 aromatic carbocycles. The molecule has 0 aromatic heterocycles. The van der Waals surface area contributed by atoms with Gasteiger partial charge in [0.15, 0.2) is 29.5 Å². The Hall–Kier alpha value is -2.93. The highest BCUT2D eigenvalue weighted by Gasteiger charge is 2.37. The molecule has 120 valence electrons. The Morgan fingerprint density at radius 2 is 1.74 bits per heavy atom. The number of fused-ring (bicyclic) bond motifs is 1. The lowest BCUT2D eigenvalue weighted by molar-refractivity contribution is 0.0214. The van der Waals surface area contributed by atoms with Gasteiger partial charge >= 0.3 is 0 Å². The number of carbonyl (C=O) groups is 1. The van der Waals surface area contributed by atoms with Gasteiger partial charge in [0.1, 0.15) is 11.5 Å². The second-order valence-electron chi connectivity index (χ2n) is 5.12. The van der Waals surface area contributed by atoms with Gasteiger partial charge in [-0.25, -0.2) is 0 Å². The molecule has 2 atom stereocenters. The second kappa shape index (κ2) is 5.36. The zero-order valence-electron chi connectivity index (χ0n) is 12.1. The summed E-state index contributed by atoms with van der Waals surface area (Å²) in [4.78, 5) is 12.2. The maximum Gasteiger partial charge on any atom is 0.202 e. The molecule has 0 aliphatic carbocycles. The van der Waals surface area contributed by atoms with E-state index in [0.717, 1.165) is 0 Å². The van der Waals surface area contributed by atoms with Crippen molar-refractivity contribution in [3.63, 3.8) is 0 Å².